The topological polar surface area (TPSA) is 41.6 Å². The van der Waals surface area contributed by atoms with Gasteiger partial charge < -0.3 is 10.1 Å². The lowest BCUT2D eigenvalue weighted by Gasteiger charge is -2.24. The molecule has 1 aliphatic rings. The molecule has 4 nitrogen and oxygen atoms in total. The van der Waals surface area contributed by atoms with Crippen LogP contribution in [0.3, 0.4) is 0 Å². The van der Waals surface area contributed by atoms with Crippen LogP contribution in [0, 0.1) is 0 Å². The van der Waals surface area contributed by atoms with E-state index in [0.717, 1.165) is 39.1 Å². The number of rotatable bonds is 9. The van der Waals surface area contributed by atoms with E-state index in [9.17, 15) is 4.79 Å². The van der Waals surface area contributed by atoms with Crippen molar-refractivity contribution in [1.29, 1.82) is 0 Å². The van der Waals surface area contributed by atoms with Crippen LogP contribution in [0.1, 0.15) is 24.1 Å². The van der Waals surface area contributed by atoms with E-state index in [0.29, 0.717) is 12.6 Å². The van der Waals surface area contributed by atoms with Crippen LogP contribution in [-0.4, -0.2) is 49.0 Å². The number of hydrogen-bond donors (Lipinski definition) is 1. The third-order valence-corrected chi connectivity index (χ3v) is 4.64. The molecule has 6 heteroatoms. The zero-order valence-electron chi connectivity index (χ0n) is 12.2. The van der Waals surface area contributed by atoms with Gasteiger partial charge in [0.05, 0.1) is 6.10 Å². The average molecular weight is 331 g/mol. The van der Waals surface area contributed by atoms with Crippen LogP contribution in [0.2, 0.25) is 0 Å². The zero-order valence-corrected chi connectivity index (χ0v) is 13.8. The van der Waals surface area contributed by atoms with Gasteiger partial charge in [-0.25, -0.2) is 0 Å². The smallest absolute Gasteiger partial charge is 0.234 e. The summed E-state index contributed by atoms with van der Waals surface area (Å²) >= 11 is 7.25. The van der Waals surface area contributed by atoms with E-state index in [1.165, 1.54) is 11.3 Å². The third-order valence-electron chi connectivity index (χ3n) is 3.54. The van der Waals surface area contributed by atoms with Crippen LogP contribution in [-0.2, 0) is 16.1 Å². The number of alkyl halides is 1. The highest BCUT2D eigenvalue weighted by atomic mass is 35.5. The minimum absolute atomic E-state index is 0.0365. The predicted molar refractivity (Wildman–Crippen MR) is 86.9 cm³/mol. The lowest BCUT2D eigenvalue weighted by atomic mass is 10.2. The molecule has 1 amide bonds. The third kappa shape index (κ3) is 6.34. The van der Waals surface area contributed by atoms with Gasteiger partial charge in [0, 0.05) is 37.7 Å². The molecule has 1 fully saturated rings. The Morgan fingerprint density at radius 3 is 3.14 bits per heavy atom. The molecule has 1 saturated heterocycles. The highest BCUT2D eigenvalue weighted by Crippen LogP contribution is 2.17. The van der Waals surface area contributed by atoms with Gasteiger partial charge in [-0.05, 0) is 30.7 Å². The summed E-state index contributed by atoms with van der Waals surface area (Å²) in [5.74, 6) is -0.0601. The molecule has 1 aromatic heterocycles. The molecule has 1 aliphatic heterocycles. The summed E-state index contributed by atoms with van der Waals surface area (Å²) in [4.78, 5) is 14.9. The molecule has 0 radical (unpaired) electrons. The first-order valence-electron chi connectivity index (χ1n) is 7.47. The van der Waals surface area contributed by atoms with Crippen molar-refractivity contribution in [1.82, 2.24) is 10.2 Å². The molecule has 21 heavy (non-hydrogen) atoms. The minimum Gasteiger partial charge on any atom is -0.377 e. The van der Waals surface area contributed by atoms with E-state index in [2.05, 4.69) is 27.7 Å². The van der Waals surface area contributed by atoms with E-state index in [1.807, 2.05) is 0 Å². The van der Waals surface area contributed by atoms with Gasteiger partial charge in [-0.3, -0.25) is 9.69 Å². The maximum Gasteiger partial charge on any atom is 0.234 e. The molecular formula is C15H23ClN2O2S. The molecule has 0 aromatic carbocycles. The Bertz CT molecular complexity index is 408. The number of halogens is 1. The van der Waals surface area contributed by atoms with Crippen molar-refractivity contribution in [2.24, 2.45) is 0 Å². The van der Waals surface area contributed by atoms with Gasteiger partial charge >= 0.3 is 0 Å². The zero-order chi connectivity index (χ0) is 14.9. The Kier molecular flexibility index (Phi) is 7.50. The van der Waals surface area contributed by atoms with Crippen molar-refractivity contribution in [2.75, 3.05) is 32.1 Å². The number of nitrogens with one attached hydrogen (secondary N) is 1. The molecule has 1 unspecified atom stereocenters. The molecule has 0 saturated carbocycles. The first kappa shape index (κ1) is 16.7. The van der Waals surface area contributed by atoms with Gasteiger partial charge in [0.25, 0.3) is 0 Å². The van der Waals surface area contributed by atoms with Crippen LogP contribution < -0.4 is 5.32 Å². The second kappa shape index (κ2) is 9.41. The second-order valence-electron chi connectivity index (χ2n) is 5.29. The maximum atomic E-state index is 11.1. The van der Waals surface area contributed by atoms with Crippen LogP contribution in [0.5, 0.6) is 0 Å². The monoisotopic (exact) mass is 330 g/mol. The van der Waals surface area contributed by atoms with Gasteiger partial charge in [-0.15, -0.1) is 22.9 Å². The summed E-state index contributed by atoms with van der Waals surface area (Å²) in [6.45, 7) is 4.46. The van der Waals surface area contributed by atoms with Crippen molar-refractivity contribution >= 4 is 28.8 Å². The Morgan fingerprint density at radius 1 is 1.57 bits per heavy atom. The number of ether oxygens (including phenoxy) is 1. The van der Waals surface area contributed by atoms with Crippen molar-refractivity contribution in [3.05, 3.63) is 22.4 Å². The van der Waals surface area contributed by atoms with E-state index >= 15 is 0 Å². The minimum atomic E-state index is -0.0967. The largest absolute Gasteiger partial charge is 0.377 e. The van der Waals surface area contributed by atoms with Gasteiger partial charge in [0.15, 0.2) is 0 Å². The van der Waals surface area contributed by atoms with Crippen molar-refractivity contribution < 1.29 is 9.53 Å². The number of hydrogen-bond acceptors (Lipinski definition) is 4. The quantitative estimate of drug-likeness (QED) is 0.558. The molecule has 1 aromatic rings. The number of carbonyl (C=O) groups is 1. The molecule has 0 spiro atoms. The standard InChI is InChI=1S/C15H23ClN2O2S/c16-10-15(19)17-6-3-7-18(11-13-4-1-8-20-13)12-14-5-2-9-21-14/h2,5,9,13H,1,3-4,6-8,10-12H2,(H,17,19). The second-order valence-corrected chi connectivity index (χ2v) is 6.59. The maximum absolute atomic E-state index is 11.1. The Hall–Kier alpha value is -0.620. The van der Waals surface area contributed by atoms with Crippen LogP contribution in [0.25, 0.3) is 0 Å². The lowest BCUT2D eigenvalue weighted by molar-refractivity contribution is -0.118. The molecular weight excluding hydrogens is 308 g/mol. The fourth-order valence-corrected chi connectivity index (χ4v) is 3.35. The fourth-order valence-electron chi connectivity index (χ4n) is 2.51. The lowest BCUT2D eigenvalue weighted by Crippen LogP contribution is -2.34. The van der Waals surface area contributed by atoms with Crippen LogP contribution >= 0.6 is 22.9 Å². The summed E-state index contributed by atoms with van der Waals surface area (Å²) in [6.07, 6.45) is 3.62. The van der Waals surface area contributed by atoms with Gasteiger partial charge in [-0.1, -0.05) is 6.07 Å². The SMILES string of the molecule is O=C(CCl)NCCCN(Cc1cccs1)CC1CCCO1. The summed E-state index contributed by atoms with van der Waals surface area (Å²) in [6, 6.07) is 4.26. The summed E-state index contributed by atoms with van der Waals surface area (Å²) in [5, 5.41) is 4.93. The first-order valence-corrected chi connectivity index (χ1v) is 8.88. The molecule has 118 valence electrons. The summed E-state index contributed by atoms with van der Waals surface area (Å²) in [7, 11) is 0. The fraction of sp³-hybridized carbons (Fsp3) is 0.667. The van der Waals surface area contributed by atoms with Gasteiger partial charge in [0.2, 0.25) is 5.91 Å². The Balaban J connectivity index is 1.75. The van der Waals surface area contributed by atoms with Crippen molar-refractivity contribution in [3.63, 3.8) is 0 Å². The molecule has 1 atom stereocenters. The van der Waals surface area contributed by atoms with E-state index < -0.39 is 0 Å². The number of carbonyl (C=O) groups excluding carboxylic acids is 1. The van der Waals surface area contributed by atoms with Crippen LogP contribution in [0.15, 0.2) is 17.5 Å². The normalized spacial score (nSPS) is 18.3. The van der Waals surface area contributed by atoms with E-state index in [1.54, 1.807) is 11.3 Å². The van der Waals surface area contributed by atoms with Gasteiger partial charge in [-0.2, -0.15) is 0 Å². The highest BCUT2D eigenvalue weighted by molar-refractivity contribution is 7.09. The van der Waals surface area contributed by atoms with E-state index in [-0.39, 0.29) is 11.8 Å². The number of nitrogens with zero attached hydrogens (tertiary/aromatic N) is 1. The summed E-state index contributed by atoms with van der Waals surface area (Å²) in [5.41, 5.74) is 0. The Morgan fingerprint density at radius 2 is 2.48 bits per heavy atom. The van der Waals surface area contributed by atoms with E-state index in [4.69, 9.17) is 16.3 Å². The predicted octanol–water partition coefficient (Wildman–Crippen LogP) is 2.47. The van der Waals surface area contributed by atoms with Crippen molar-refractivity contribution in [2.45, 2.75) is 31.9 Å². The number of thiophene rings is 1. The van der Waals surface area contributed by atoms with Crippen LogP contribution in [0.4, 0.5) is 0 Å². The number of amides is 1. The average Bonchev–Trinajstić information content (AvgIpc) is 3.16. The molecule has 0 aliphatic carbocycles. The Labute approximate surface area is 135 Å². The van der Waals surface area contributed by atoms with Gasteiger partial charge in [0.1, 0.15) is 5.88 Å². The van der Waals surface area contributed by atoms with Crippen molar-refractivity contribution in [3.8, 4) is 0 Å². The summed E-state index contributed by atoms with van der Waals surface area (Å²) < 4.78 is 5.74. The molecule has 2 rings (SSSR count). The first-order chi connectivity index (χ1) is 10.3. The molecule has 1 N–H and O–H groups in total. The highest BCUT2D eigenvalue weighted by Gasteiger charge is 2.19. The molecule has 2 heterocycles. The molecule has 0 bridgehead atoms.